The third-order valence-corrected chi connectivity index (χ3v) is 3.96. The van der Waals surface area contributed by atoms with E-state index in [-0.39, 0.29) is 11.7 Å². The van der Waals surface area contributed by atoms with E-state index in [4.69, 9.17) is 26.2 Å². The fourth-order valence-electron chi connectivity index (χ4n) is 2.53. The number of anilines is 1. The summed E-state index contributed by atoms with van der Waals surface area (Å²) in [5, 5.41) is 12.9. The highest BCUT2D eigenvalue weighted by Crippen LogP contribution is 2.37. The summed E-state index contributed by atoms with van der Waals surface area (Å²) in [7, 11) is 0. The first-order chi connectivity index (χ1) is 12.3. The van der Waals surface area contributed by atoms with E-state index in [1.807, 2.05) is 39.8 Å². The monoisotopic (exact) mass is 377 g/mol. The molecule has 0 saturated carbocycles. The number of carboxylic acids is 1. The fourth-order valence-corrected chi connectivity index (χ4v) is 2.81. The van der Waals surface area contributed by atoms with Crippen LogP contribution in [0.2, 0.25) is 5.02 Å². The van der Waals surface area contributed by atoms with Gasteiger partial charge in [-0.1, -0.05) is 11.6 Å². The van der Waals surface area contributed by atoms with Gasteiger partial charge < -0.3 is 19.9 Å². The minimum absolute atomic E-state index is 0.00826. The molecule has 5 nitrogen and oxygen atoms in total. The smallest absolute Gasteiger partial charge is 0.335 e. The predicted octanol–water partition coefficient (Wildman–Crippen LogP) is 5.14. The van der Waals surface area contributed by atoms with E-state index < -0.39 is 5.97 Å². The second kappa shape index (κ2) is 8.81. The molecular formula is C20H24ClNO4. The normalized spacial score (nSPS) is 10.7. The van der Waals surface area contributed by atoms with Gasteiger partial charge in [-0.3, -0.25) is 0 Å². The molecule has 2 aromatic rings. The maximum Gasteiger partial charge on any atom is 0.335 e. The lowest BCUT2D eigenvalue weighted by molar-refractivity contribution is 0.0697. The van der Waals surface area contributed by atoms with Gasteiger partial charge in [-0.2, -0.15) is 0 Å². The highest BCUT2D eigenvalue weighted by molar-refractivity contribution is 6.32. The van der Waals surface area contributed by atoms with Crippen LogP contribution in [-0.2, 0) is 6.54 Å². The Kier molecular flexibility index (Phi) is 6.75. The van der Waals surface area contributed by atoms with Gasteiger partial charge in [0.2, 0.25) is 0 Å². The maximum atomic E-state index is 11.0. The van der Waals surface area contributed by atoms with E-state index in [0.29, 0.717) is 29.7 Å². The lowest BCUT2D eigenvalue weighted by atomic mass is 10.1. The van der Waals surface area contributed by atoms with Crippen LogP contribution in [0.15, 0.2) is 30.3 Å². The van der Waals surface area contributed by atoms with Crippen LogP contribution in [-0.4, -0.2) is 23.8 Å². The Morgan fingerprint density at radius 2 is 2.00 bits per heavy atom. The van der Waals surface area contributed by atoms with Gasteiger partial charge in [0.1, 0.15) is 0 Å². The molecule has 2 N–H and O–H groups in total. The number of aryl methyl sites for hydroxylation is 1. The van der Waals surface area contributed by atoms with E-state index in [1.54, 1.807) is 18.2 Å². The molecule has 0 bridgehead atoms. The van der Waals surface area contributed by atoms with E-state index in [2.05, 4.69) is 5.32 Å². The van der Waals surface area contributed by atoms with Crippen molar-refractivity contribution in [1.29, 1.82) is 0 Å². The quantitative estimate of drug-likeness (QED) is 0.666. The summed E-state index contributed by atoms with van der Waals surface area (Å²) in [6.07, 6.45) is -0.00826. The van der Waals surface area contributed by atoms with Crippen molar-refractivity contribution < 1.29 is 19.4 Å². The zero-order valence-electron chi connectivity index (χ0n) is 15.4. The van der Waals surface area contributed by atoms with Crippen molar-refractivity contribution in [3.63, 3.8) is 0 Å². The van der Waals surface area contributed by atoms with E-state index in [1.165, 1.54) is 0 Å². The standard InChI is InChI=1S/C20H24ClNO4/c1-5-25-18-10-14(9-16(21)19(18)26-12(2)3)11-22-17-7-6-15(20(23)24)8-13(17)4/h6-10,12,22H,5,11H2,1-4H3,(H,23,24). The number of aromatic carboxylic acids is 1. The molecule has 0 unspecified atom stereocenters. The number of halogens is 1. The van der Waals surface area contributed by atoms with Gasteiger partial charge in [0.05, 0.1) is 23.3 Å². The molecule has 2 rings (SSSR count). The molecule has 0 aromatic heterocycles. The predicted molar refractivity (Wildman–Crippen MR) is 104 cm³/mol. The molecular weight excluding hydrogens is 354 g/mol. The number of carboxylic acid groups (broad SMARTS) is 1. The number of carbonyl (C=O) groups is 1. The molecule has 140 valence electrons. The molecule has 0 atom stereocenters. The molecule has 0 spiro atoms. The molecule has 0 aliphatic rings. The van der Waals surface area contributed by atoms with Crippen LogP contribution in [0.3, 0.4) is 0 Å². The number of rotatable bonds is 8. The average molecular weight is 378 g/mol. The van der Waals surface area contributed by atoms with Crippen molar-refractivity contribution in [3.05, 3.63) is 52.0 Å². The summed E-state index contributed by atoms with van der Waals surface area (Å²) in [5.41, 5.74) is 2.94. The van der Waals surface area contributed by atoms with Gasteiger partial charge in [-0.05, 0) is 69.2 Å². The van der Waals surface area contributed by atoms with E-state index in [9.17, 15) is 4.79 Å². The number of benzene rings is 2. The molecule has 0 fully saturated rings. The van der Waals surface area contributed by atoms with Crippen molar-refractivity contribution >= 4 is 23.3 Å². The van der Waals surface area contributed by atoms with Gasteiger partial charge in [0, 0.05) is 12.2 Å². The molecule has 26 heavy (non-hydrogen) atoms. The van der Waals surface area contributed by atoms with Crippen LogP contribution < -0.4 is 14.8 Å². The lowest BCUT2D eigenvalue weighted by Gasteiger charge is -2.18. The second-order valence-electron chi connectivity index (χ2n) is 6.19. The van der Waals surface area contributed by atoms with Crippen molar-refractivity contribution in [2.24, 2.45) is 0 Å². The van der Waals surface area contributed by atoms with Crippen LogP contribution in [0.1, 0.15) is 42.3 Å². The summed E-state index contributed by atoms with van der Waals surface area (Å²) in [6, 6.07) is 8.73. The molecule has 0 aliphatic carbocycles. The Labute approximate surface area is 158 Å². The van der Waals surface area contributed by atoms with Crippen LogP contribution in [0.25, 0.3) is 0 Å². The van der Waals surface area contributed by atoms with Crippen molar-refractivity contribution in [2.45, 2.75) is 40.3 Å². The minimum Gasteiger partial charge on any atom is -0.490 e. The summed E-state index contributed by atoms with van der Waals surface area (Å²) in [4.78, 5) is 11.0. The largest absolute Gasteiger partial charge is 0.490 e. The van der Waals surface area contributed by atoms with Gasteiger partial charge >= 0.3 is 5.97 Å². The van der Waals surface area contributed by atoms with Gasteiger partial charge in [-0.15, -0.1) is 0 Å². The van der Waals surface area contributed by atoms with Crippen LogP contribution in [0, 0.1) is 6.92 Å². The first-order valence-electron chi connectivity index (χ1n) is 8.51. The third kappa shape index (κ3) is 5.05. The first-order valence-corrected chi connectivity index (χ1v) is 8.89. The Morgan fingerprint density at radius 3 is 2.58 bits per heavy atom. The number of ether oxygens (including phenoxy) is 2. The molecule has 0 heterocycles. The van der Waals surface area contributed by atoms with Crippen molar-refractivity contribution in [1.82, 2.24) is 0 Å². The zero-order chi connectivity index (χ0) is 19.3. The second-order valence-corrected chi connectivity index (χ2v) is 6.60. The Bertz CT molecular complexity index is 790. The van der Waals surface area contributed by atoms with Crippen molar-refractivity contribution in [2.75, 3.05) is 11.9 Å². The molecule has 0 saturated heterocycles. The summed E-state index contributed by atoms with van der Waals surface area (Å²) >= 11 is 6.38. The number of hydrogen-bond acceptors (Lipinski definition) is 4. The topological polar surface area (TPSA) is 67.8 Å². The summed E-state index contributed by atoms with van der Waals surface area (Å²) in [5.74, 6) is 0.228. The Balaban J connectivity index is 2.20. The lowest BCUT2D eigenvalue weighted by Crippen LogP contribution is -2.09. The maximum absolute atomic E-state index is 11.0. The summed E-state index contributed by atoms with van der Waals surface area (Å²) < 4.78 is 11.4. The highest BCUT2D eigenvalue weighted by Gasteiger charge is 2.14. The first kappa shape index (κ1) is 19.9. The zero-order valence-corrected chi connectivity index (χ0v) is 16.2. The molecule has 0 aliphatic heterocycles. The SMILES string of the molecule is CCOc1cc(CNc2ccc(C(=O)O)cc2C)cc(Cl)c1OC(C)C. The highest BCUT2D eigenvalue weighted by atomic mass is 35.5. The molecule has 0 amide bonds. The van der Waals surface area contributed by atoms with Gasteiger partial charge in [0.25, 0.3) is 0 Å². The van der Waals surface area contributed by atoms with Gasteiger partial charge in [0.15, 0.2) is 11.5 Å². The summed E-state index contributed by atoms with van der Waals surface area (Å²) in [6.45, 7) is 8.68. The molecule has 2 aromatic carbocycles. The Hall–Kier alpha value is -2.40. The van der Waals surface area contributed by atoms with Gasteiger partial charge in [-0.25, -0.2) is 4.79 Å². The van der Waals surface area contributed by atoms with Crippen LogP contribution in [0.4, 0.5) is 5.69 Å². The Morgan fingerprint density at radius 1 is 1.27 bits per heavy atom. The number of nitrogens with one attached hydrogen (secondary N) is 1. The van der Waals surface area contributed by atoms with E-state index >= 15 is 0 Å². The van der Waals surface area contributed by atoms with Crippen LogP contribution >= 0.6 is 11.6 Å². The third-order valence-electron chi connectivity index (χ3n) is 3.68. The van der Waals surface area contributed by atoms with Crippen LogP contribution in [0.5, 0.6) is 11.5 Å². The average Bonchev–Trinajstić information content (AvgIpc) is 2.56. The number of hydrogen-bond donors (Lipinski definition) is 2. The molecule has 6 heteroatoms. The fraction of sp³-hybridized carbons (Fsp3) is 0.350. The van der Waals surface area contributed by atoms with Crippen molar-refractivity contribution in [3.8, 4) is 11.5 Å². The van der Waals surface area contributed by atoms with E-state index in [0.717, 1.165) is 16.8 Å². The molecule has 0 radical (unpaired) electrons. The minimum atomic E-state index is -0.937.